The van der Waals surface area contributed by atoms with Crippen molar-refractivity contribution in [2.75, 3.05) is 23.7 Å². The zero-order valence-electron chi connectivity index (χ0n) is 14.0. The molecule has 0 aliphatic carbocycles. The monoisotopic (exact) mass is 373 g/mol. The van der Waals surface area contributed by atoms with Gasteiger partial charge in [0, 0.05) is 36.9 Å². The Morgan fingerprint density at radius 1 is 1.23 bits per heavy atom. The summed E-state index contributed by atoms with van der Waals surface area (Å²) in [4.78, 5) is 24.3. The van der Waals surface area contributed by atoms with E-state index in [0.29, 0.717) is 13.1 Å². The highest BCUT2D eigenvalue weighted by molar-refractivity contribution is 7.09. The van der Waals surface area contributed by atoms with Crippen LogP contribution in [0.2, 0.25) is 0 Å². The first-order valence-electron chi connectivity index (χ1n) is 8.19. The summed E-state index contributed by atoms with van der Waals surface area (Å²) >= 11 is 1.66. The highest BCUT2D eigenvalue weighted by Gasteiger charge is 2.22. The standard InChI is InChI=1S/C16H19N7O2S/c24-23(25)14-15(18-5-2-8-22-9-7-17-12-22)20-11-21-16(14)19-6-4-13-3-1-10-26-13/h1,3,7,9-12H,2,4-6,8H2,(H2,18,19,20,21). The number of aryl methyl sites for hydroxylation is 1. The van der Waals surface area contributed by atoms with Crippen molar-refractivity contribution in [2.24, 2.45) is 0 Å². The molecular formula is C16H19N7O2S. The number of hydrogen-bond donors (Lipinski definition) is 2. The Kier molecular flexibility index (Phi) is 6.09. The third-order valence-electron chi connectivity index (χ3n) is 3.69. The van der Waals surface area contributed by atoms with Crippen LogP contribution in [0.5, 0.6) is 0 Å². The van der Waals surface area contributed by atoms with Gasteiger partial charge >= 0.3 is 5.69 Å². The zero-order chi connectivity index (χ0) is 18.2. The van der Waals surface area contributed by atoms with Gasteiger partial charge in [0.15, 0.2) is 0 Å². The predicted octanol–water partition coefficient (Wildman–Crippen LogP) is 2.80. The molecule has 3 heterocycles. The van der Waals surface area contributed by atoms with Gasteiger partial charge in [-0.2, -0.15) is 0 Å². The number of nitrogens with one attached hydrogen (secondary N) is 2. The summed E-state index contributed by atoms with van der Waals surface area (Å²) in [6, 6.07) is 4.02. The third-order valence-corrected chi connectivity index (χ3v) is 4.63. The van der Waals surface area contributed by atoms with E-state index >= 15 is 0 Å². The number of aromatic nitrogens is 4. The maximum atomic E-state index is 11.5. The number of thiophene rings is 1. The van der Waals surface area contributed by atoms with E-state index in [2.05, 4.69) is 25.6 Å². The van der Waals surface area contributed by atoms with Crippen LogP contribution in [-0.2, 0) is 13.0 Å². The second-order valence-electron chi connectivity index (χ2n) is 5.51. The van der Waals surface area contributed by atoms with Crippen molar-refractivity contribution in [3.05, 3.63) is 57.6 Å². The fourth-order valence-corrected chi connectivity index (χ4v) is 3.17. The van der Waals surface area contributed by atoms with Gasteiger partial charge in [-0.25, -0.2) is 15.0 Å². The molecule has 0 atom stereocenters. The van der Waals surface area contributed by atoms with Crippen LogP contribution in [0, 0.1) is 10.1 Å². The average Bonchev–Trinajstić information content (AvgIpc) is 3.32. The summed E-state index contributed by atoms with van der Waals surface area (Å²) in [5.74, 6) is 0.466. The lowest BCUT2D eigenvalue weighted by molar-refractivity contribution is -0.383. The first-order chi connectivity index (χ1) is 12.7. The Labute approximate surface area is 154 Å². The number of hydrogen-bond acceptors (Lipinski definition) is 8. The first kappa shape index (κ1) is 17.8. The van der Waals surface area contributed by atoms with E-state index in [0.717, 1.165) is 19.4 Å². The van der Waals surface area contributed by atoms with Gasteiger partial charge in [-0.1, -0.05) is 6.07 Å². The molecule has 0 amide bonds. The molecule has 3 aromatic heterocycles. The van der Waals surface area contributed by atoms with Crippen molar-refractivity contribution in [1.82, 2.24) is 19.5 Å². The summed E-state index contributed by atoms with van der Waals surface area (Å²) in [6.07, 6.45) is 8.24. The third kappa shape index (κ3) is 4.76. The first-order valence-corrected chi connectivity index (χ1v) is 9.07. The Morgan fingerprint density at radius 3 is 2.69 bits per heavy atom. The Hall–Kier alpha value is -3.01. The molecule has 0 aromatic carbocycles. The summed E-state index contributed by atoms with van der Waals surface area (Å²) < 4.78 is 1.95. The molecule has 0 saturated carbocycles. The minimum atomic E-state index is -0.453. The molecule has 3 rings (SSSR count). The van der Waals surface area contributed by atoms with Gasteiger partial charge in [0.05, 0.1) is 11.3 Å². The van der Waals surface area contributed by atoms with E-state index in [9.17, 15) is 10.1 Å². The molecule has 136 valence electrons. The molecule has 0 unspecified atom stereocenters. The molecule has 0 radical (unpaired) electrons. The Morgan fingerprint density at radius 2 is 2.04 bits per heavy atom. The number of nitrogens with zero attached hydrogens (tertiary/aromatic N) is 5. The number of imidazole rings is 1. The molecule has 26 heavy (non-hydrogen) atoms. The fourth-order valence-electron chi connectivity index (χ4n) is 2.46. The lowest BCUT2D eigenvalue weighted by Gasteiger charge is -2.10. The van der Waals surface area contributed by atoms with Crippen molar-refractivity contribution in [3.63, 3.8) is 0 Å². The van der Waals surface area contributed by atoms with E-state index in [4.69, 9.17) is 0 Å². The second-order valence-corrected chi connectivity index (χ2v) is 6.55. The van der Waals surface area contributed by atoms with Crippen molar-refractivity contribution >= 4 is 28.7 Å². The molecule has 0 fully saturated rings. The van der Waals surface area contributed by atoms with Crippen molar-refractivity contribution in [1.29, 1.82) is 0 Å². The fraction of sp³-hybridized carbons (Fsp3) is 0.312. The molecule has 2 N–H and O–H groups in total. The van der Waals surface area contributed by atoms with Crippen molar-refractivity contribution in [3.8, 4) is 0 Å². The molecule has 0 spiro atoms. The highest BCUT2D eigenvalue weighted by Crippen LogP contribution is 2.28. The molecular weight excluding hydrogens is 354 g/mol. The van der Waals surface area contributed by atoms with E-state index in [1.165, 1.54) is 11.2 Å². The van der Waals surface area contributed by atoms with Crippen LogP contribution in [0.4, 0.5) is 17.3 Å². The van der Waals surface area contributed by atoms with Crippen LogP contribution in [0.25, 0.3) is 0 Å². The summed E-state index contributed by atoms with van der Waals surface area (Å²) in [5.41, 5.74) is -0.124. The Bertz CT molecular complexity index is 821. The van der Waals surface area contributed by atoms with Crippen molar-refractivity contribution < 1.29 is 4.92 Å². The van der Waals surface area contributed by atoms with E-state index < -0.39 is 4.92 Å². The maximum Gasteiger partial charge on any atom is 0.353 e. The van der Waals surface area contributed by atoms with Gasteiger partial charge in [-0.3, -0.25) is 10.1 Å². The van der Waals surface area contributed by atoms with E-state index in [-0.39, 0.29) is 17.3 Å². The molecule has 10 heteroatoms. The van der Waals surface area contributed by atoms with Gasteiger partial charge in [0.25, 0.3) is 0 Å². The quantitative estimate of drug-likeness (QED) is 0.319. The number of rotatable bonds is 10. The van der Waals surface area contributed by atoms with Crippen LogP contribution in [-0.4, -0.2) is 37.5 Å². The van der Waals surface area contributed by atoms with Crippen LogP contribution >= 0.6 is 11.3 Å². The molecule has 0 bridgehead atoms. The van der Waals surface area contributed by atoms with Crippen LogP contribution in [0.1, 0.15) is 11.3 Å². The Balaban J connectivity index is 1.58. The molecule has 0 saturated heterocycles. The molecule has 3 aromatic rings. The van der Waals surface area contributed by atoms with E-state index in [1.54, 1.807) is 23.9 Å². The van der Waals surface area contributed by atoms with Gasteiger partial charge < -0.3 is 15.2 Å². The van der Waals surface area contributed by atoms with Crippen LogP contribution in [0.3, 0.4) is 0 Å². The topological polar surface area (TPSA) is 111 Å². The number of anilines is 2. The molecule has 0 aliphatic heterocycles. The smallest absolute Gasteiger partial charge is 0.353 e. The maximum absolute atomic E-state index is 11.5. The highest BCUT2D eigenvalue weighted by atomic mass is 32.1. The minimum absolute atomic E-state index is 0.124. The summed E-state index contributed by atoms with van der Waals surface area (Å²) in [7, 11) is 0. The predicted molar refractivity (Wildman–Crippen MR) is 101 cm³/mol. The molecule has 0 aliphatic rings. The van der Waals surface area contributed by atoms with Gasteiger partial charge in [-0.15, -0.1) is 11.3 Å². The van der Waals surface area contributed by atoms with Gasteiger partial charge in [0.2, 0.25) is 11.6 Å². The number of nitro groups is 1. The molecule has 9 nitrogen and oxygen atoms in total. The van der Waals surface area contributed by atoms with Crippen LogP contribution in [0.15, 0.2) is 42.6 Å². The zero-order valence-corrected chi connectivity index (χ0v) is 14.9. The second kappa shape index (κ2) is 8.90. The SMILES string of the molecule is O=[N+]([O-])c1c(NCCCn2ccnc2)ncnc1NCCc1cccs1. The van der Waals surface area contributed by atoms with Gasteiger partial charge in [-0.05, 0) is 24.3 Å². The summed E-state index contributed by atoms with van der Waals surface area (Å²) in [6.45, 7) is 1.90. The average molecular weight is 373 g/mol. The normalized spacial score (nSPS) is 10.6. The summed E-state index contributed by atoms with van der Waals surface area (Å²) in [5, 5.41) is 19.6. The van der Waals surface area contributed by atoms with E-state index in [1.807, 2.05) is 28.3 Å². The van der Waals surface area contributed by atoms with Crippen molar-refractivity contribution in [2.45, 2.75) is 19.4 Å². The largest absolute Gasteiger partial charge is 0.364 e. The van der Waals surface area contributed by atoms with Crippen LogP contribution < -0.4 is 10.6 Å². The minimum Gasteiger partial charge on any atom is -0.364 e. The van der Waals surface area contributed by atoms with Gasteiger partial charge in [0.1, 0.15) is 6.33 Å². The lowest BCUT2D eigenvalue weighted by atomic mass is 10.3. The lowest BCUT2D eigenvalue weighted by Crippen LogP contribution is -2.13.